The molecular formula is C7H15N. The summed E-state index contributed by atoms with van der Waals surface area (Å²) < 4.78 is 0. The molecule has 0 spiro atoms. The zero-order valence-corrected chi connectivity index (χ0v) is 6.15. The first-order valence-electron chi connectivity index (χ1n) is 3.28. The van der Waals surface area contributed by atoms with Crippen molar-refractivity contribution in [1.82, 2.24) is 5.32 Å². The summed E-state index contributed by atoms with van der Waals surface area (Å²) in [5, 5.41) is 3.37. The van der Waals surface area contributed by atoms with E-state index in [0.717, 1.165) is 12.1 Å². The standard InChI is InChI=1S/C7H15N/c1-5-6(8-5)7(2,3)4/h5-6,8H,1-4H3/t5-,6+/m0/s1. The normalized spacial score (nSPS) is 37.5. The maximum Gasteiger partial charge on any atom is 0.0270 e. The quantitative estimate of drug-likeness (QED) is 0.471. The molecule has 0 saturated carbocycles. The molecule has 1 heterocycles. The SMILES string of the molecule is C[C@@H]1N[C@H]1C(C)(C)C. The van der Waals surface area contributed by atoms with E-state index in [1.165, 1.54) is 0 Å². The van der Waals surface area contributed by atoms with Gasteiger partial charge < -0.3 is 5.32 Å². The molecule has 0 bridgehead atoms. The lowest BCUT2D eigenvalue weighted by Crippen LogP contribution is -2.16. The van der Waals surface area contributed by atoms with Crippen LogP contribution in [0.2, 0.25) is 0 Å². The van der Waals surface area contributed by atoms with Gasteiger partial charge in [0.1, 0.15) is 0 Å². The Morgan fingerprint density at radius 3 is 1.62 bits per heavy atom. The van der Waals surface area contributed by atoms with Gasteiger partial charge in [0.25, 0.3) is 0 Å². The summed E-state index contributed by atoms with van der Waals surface area (Å²) in [6.07, 6.45) is 0. The van der Waals surface area contributed by atoms with E-state index in [2.05, 4.69) is 33.0 Å². The van der Waals surface area contributed by atoms with Crippen LogP contribution in [0.1, 0.15) is 27.7 Å². The molecule has 1 heteroatoms. The minimum Gasteiger partial charge on any atom is -0.308 e. The molecule has 0 aromatic heterocycles. The Kier molecular flexibility index (Phi) is 1.12. The summed E-state index contributed by atoms with van der Waals surface area (Å²) in [5.74, 6) is 0. The molecule has 1 N–H and O–H groups in total. The van der Waals surface area contributed by atoms with Gasteiger partial charge >= 0.3 is 0 Å². The van der Waals surface area contributed by atoms with E-state index in [-0.39, 0.29) is 0 Å². The third-order valence-corrected chi connectivity index (χ3v) is 1.77. The maximum absolute atomic E-state index is 3.37. The average Bonchev–Trinajstić information content (AvgIpc) is 2.13. The predicted molar refractivity (Wildman–Crippen MR) is 35.8 cm³/mol. The van der Waals surface area contributed by atoms with Crippen LogP contribution in [-0.4, -0.2) is 12.1 Å². The van der Waals surface area contributed by atoms with E-state index in [0.29, 0.717) is 5.41 Å². The summed E-state index contributed by atoms with van der Waals surface area (Å²) in [4.78, 5) is 0. The molecule has 0 aromatic carbocycles. The lowest BCUT2D eigenvalue weighted by Gasteiger charge is -2.15. The van der Waals surface area contributed by atoms with Gasteiger partial charge in [-0.2, -0.15) is 0 Å². The van der Waals surface area contributed by atoms with Crippen LogP contribution < -0.4 is 5.32 Å². The van der Waals surface area contributed by atoms with Crippen molar-refractivity contribution in [2.75, 3.05) is 0 Å². The highest BCUT2D eigenvalue weighted by molar-refractivity contribution is 5.01. The van der Waals surface area contributed by atoms with E-state index in [1.54, 1.807) is 0 Å². The molecule has 1 nitrogen and oxygen atoms in total. The Balaban J connectivity index is 2.39. The summed E-state index contributed by atoms with van der Waals surface area (Å²) in [6, 6.07) is 1.53. The minimum atomic E-state index is 0.472. The van der Waals surface area contributed by atoms with E-state index in [9.17, 15) is 0 Å². The Hall–Kier alpha value is -0.0400. The van der Waals surface area contributed by atoms with Crippen molar-refractivity contribution < 1.29 is 0 Å². The summed E-state index contributed by atoms with van der Waals surface area (Å²) >= 11 is 0. The molecule has 8 heavy (non-hydrogen) atoms. The molecule has 0 aliphatic carbocycles. The zero-order chi connectivity index (χ0) is 6.36. The lowest BCUT2D eigenvalue weighted by molar-refractivity contribution is 0.396. The van der Waals surface area contributed by atoms with Gasteiger partial charge in [0, 0.05) is 12.1 Å². The van der Waals surface area contributed by atoms with Crippen LogP contribution in [-0.2, 0) is 0 Å². The molecule has 0 unspecified atom stereocenters. The van der Waals surface area contributed by atoms with Gasteiger partial charge in [-0.3, -0.25) is 0 Å². The summed E-state index contributed by atoms with van der Waals surface area (Å²) in [5.41, 5.74) is 0.472. The van der Waals surface area contributed by atoms with Gasteiger partial charge in [0.2, 0.25) is 0 Å². The third-order valence-electron chi connectivity index (χ3n) is 1.77. The fourth-order valence-electron chi connectivity index (χ4n) is 1.23. The van der Waals surface area contributed by atoms with Crippen LogP contribution in [0.15, 0.2) is 0 Å². The highest BCUT2D eigenvalue weighted by atomic mass is 15.2. The molecule has 48 valence electrons. The van der Waals surface area contributed by atoms with Crippen molar-refractivity contribution in [2.45, 2.75) is 39.8 Å². The van der Waals surface area contributed by atoms with E-state index in [1.807, 2.05) is 0 Å². The van der Waals surface area contributed by atoms with Crippen molar-refractivity contribution in [3.05, 3.63) is 0 Å². The third kappa shape index (κ3) is 1.03. The van der Waals surface area contributed by atoms with Crippen LogP contribution in [0.3, 0.4) is 0 Å². The summed E-state index contributed by atoms with van der Waals surface area (Å²) in [7, 11) is 0. The van der Waals surface area contributed by atoms with Crippen molar-refractivity contribution >= 4 is 0 Å². The fraction of sp³-hybridized carbons (Fsp3) is 1.00. The smallest absolute Gasteiger partial charge is 0.0270 e. The lowest BCUT2D eigenvalue weighted by atomic mass is 9.90. The van der Waals surface area contributed by atoms with Crippen LogP contribution in [0.4, 0.5) is 0 Å². The molecule has 1 saturated heterocycles. The van der Waals surface area contributed by atoms with Crippen molar-refractivity contribution in [1.29, 1.82) is 0 Å². The number of rotatable bonds is 0. The van der Waals surface area contributed by atoms with Gasteiger partial charge in [0.15, 0.2) is 0 Å². The zero-order valence-electron chi connectivity index (χ0n) is 6.15. The molecule has 1 aliphatic rings. The Bertz CT molecular complexity index is 91.1. The largest absolute Gasteiger partial charge is 0.308 e. The second-order valence-electron chi connectivity index (χ2n) is 3.80. The predicted octanol–water partition coefficient (Wildman–Crippen LogP) is 1.39. The first-order valence-corrected chi connectivity index (χ1v) is 3.28. The number of nitrogens with one attached hydrogen (secondary N) is 1. The molecule has 1 fully saturated rings. The van der Waals surface area contributed by atoms with Crippen molar-refractivity contribution in [3.63, 3.8) is 0 Å². The Morgan fingerprint density at radius 1 is 1.25 bits per heavy atom. The van der Waals surface area contributed by atoms with Gasteiger partial charge in [-0.25, -0.2) is 0 Å². The van der Waals surface area contributed by atoms with Gasteiger partial charge in [0.05, 0.1) is 0 Å². The molecule has 0 aromatic rings. The second kappa shape index (κ2) is 1.47. The number of hydrogen-bond acceptors (Lipinski definition) is 1. The first-order chi connectivity index (χ1) is 3.52. The molecular weight excluding hydrogens is 98.1 g/mol. The van der Waals surface area contributed by atoms with Crippen LogP contribution in [0.5, 0.6) is 0 Å². The van der Waals surface area contributed by atoms with Gasteiger partial charge in [-0.05, 0) is 12.3 Å². The monoisotopic (exact) mass is 113 g/mol. The van der Waals surface area contributed by atoms with E-state index >= 15 is 0 Å². The Morgan fingerprint density at radius 2 is 1.62 bits per heavy atom. The maximum atomic E-state index is 3.37. The van der Waals surface area contributed by atoms with E-state index in [4.69, 9.17) is 0 Å². The van der Waals surface area contributed by atoms with Crippen LogP contribution in [0.25, 0.3) is 0 Å². The molecule has 1 rings (SSSR count). The van der Waals surface area contributed by atoms with Crippen LogP contribution >= 0.6 is 0 Å². The van der Waals surface area contributed by atoms with Gasteiger partial charge in [-0.1, -0.05) is 20.8 Å². The molecule has 0 amide bonds. The average molecular weight is 113 g/mol. The second-order valence-corrected chi connectivity index (χ2v) is 3.80. The molecule has 0 radical (unpaired) electrons. The van der Waals surface area contributed by atoms with Crippen LogP contribution in [0, 0.1) is 5.41 Å². The Labute approximate surface area is 51.5 Å². The summed E-state index contributed by atoms with van der Waals surface area (Å²) in [6.45, 7) is 9.05. The fourth-order valence-corrected chi connectivity index (χ4v) is 1.23. The minimum absolute atomic E-state index is 0.472. The topological polar surface area (TPSA) is 21.9 Å². The highest BCUT2D eigenvalue weighted by Crippen LogP contribution is 2.30. The highest BCUT2D eigenvalue weighted by Gasteiger charge is 2.40. The first kappa shape index (κ1) is 6.09. The van der Waals surface area contributed by atoms with Gasteiger partial charge in [-0.15, -0.1) is 0 Å². The van der Waals surface area contributed by atoms with E-state index < -0.39 is 0 Å². The van der Waals surface area contributed by atoms with Crippen molar-refractivity contribution in [2.24, 2.45) is 5.41 Å². The van der Waals surface area contributed by atoms with Crippen molar-refractivity contribution in [3.8, 4) is 0 Å². The molecule has 1 aliphatic heterocycles. The number of hydrogen-bond donors (Lipinski definition) is 1. The molecule has 2 atom stereocenters.